The van der Waals surface area contributed by atoms with E-state index in [1.54, 1.807) is 6.07 Å². The Kier molecular flexibility index (Phi) is 5.22. The predicted octanol–water partition coefficient (Wildman–Crippen LogP) is 2.30. The highest BCUT2D eigenvalue weighted by atomic mass is 32.2. The van der Waals surface area contributed by atoms with Crippen LogP contribution in [0.5, 0.6) is 0 Å². The van der Waals surface area contributed by atoms with Crippen molar-refractivity contribution in [3.63, 3.8) is 0 Å². The number of nitrogens with zero attached hydrogens (tertiary/aromatic N) is 4. The van der Waals surface area contributed by atoms with Gasteiger partial charge in [-0.2, -0.15) is 17.8 Å². The molecular formula is C20H22F2N6O3S. The maximum atomic E-state index is 14.4. The van der Waals surface area contributed by atoms with Gasteiger partial charge in [0, 0.05) is 25.2 Å². The molecule has 2 fully saturated rings. The summed E-state index contributed by atoms with van der Waals surface area (Å²) in [5, 5.41) is 17.4. The summed E-state index contributed by atoms with van der Waals surface area (Å²) >= 11 is 0. The zero-order valence-electron chi connectivity index (χ0n) is 17.0. The van der Waals surface area contributed by atoms with Crippen molar-refractivity contribution in [2.24, 2.45) is 0 Å². The second-order valence-electron chi connectivity index (χ2n) is 8.09. The van der Waals surface area contributed by atoms with E-state index in [0.717, 1.165) is 18.6 Å². The summed E-state index contributed by atoms with van der Waals surface area (Å²) in [6, 6.07) is 4.62. The first kappa shape index (κ1) is 21.0. The summed E-state index contributed by atoms with van der Waals surface area (Å²) in [6.07, 6.45) is 2.49. The van der Waals surface area contributed by atoms with Crippen molar-refractivity contribution in [2.75, 3.05) is 29.3 Å². The molecule has 2 aromatic heterocycles. The quantitative estimate of drug-likeness (QED) is 0.534. The van der Waals surface area contributed by atoms with Crippen LogP contribution in [-0.2, 0) is 10.2 Å². The maximum Gasteiger partial charge on any atom is 0.301 e. The highest BCUT2D eigenvalue weighted by Gasteiger charge is 2.33. The fourth-order valence-corrected chi connectivity index (χ4v) is 5.67. The summed E-state index contributed by atoms with van der Waals surface area (Å²) in [4.78, 5) is 6.14. The second-order valence-corrected chi connectivity index (χ2v) is 9.76. The lowest BCUT2D eigenvalue weighted by Crippen LogP contribution is -2.34. The van der Waals surface area contributed by atoms with Gasteiger partial charge in [0.1, 0.15) is 11.6 Å². The minimum atomic E-state index is -3.85. The van der Waals surface area contributed by atoms with Crippen LogP contribution >= 0.6 is 0 Å². The van der Waals surface area contributed by atoms with Crippen molar-refractivity contribution >= 4 is 32.7 Å². The van der Waals surface area contributed by atoms with Gasteiger partial charge in [0.25, 0.3) is 0 Å². The highest BCUT2D eigenvalue weighted by molar-refractivity contribution is 7.90. The SMILES string of the molecule is O=S(=O)(Nc1cnc2[nH]nc(N3CCC[C@@H]3c3cc(F)ccc3F)c2c1)N1CC[C@H](O)C1. The average Bonchev–Trinajstić information content (AvgIpc) is 3.48. The number of β-amino-alcohol motifs (C(OH)–C–C–N with tert-alkyl or cyclic N) is 1. The Bertz CT molecular complexity index is 1270. The summed E-state index contributed by atoms with van der Waals surface area (Å²) < 4.78 is 57.2. The minimum absolute atomic E-state index is 0.0383. The summed E-state index contributed by atoms with van der Waals surface area (Å²) in [6.45, 7) is 0.858. The molecule has 3 aromatic rings. The van der Waals surface area contributed by atoms with Gasteiger partial charge in [-0.1, -0.05) is 0 Å². The molecule has 2 saturated heterocycles. The topological polar surface area (TPSA) is 114 Å². The lowest BCUT2D eigenvalue weighted by molar-refractivity contribution is 0.189. The Labute approximate surface area is 183 Å². The van der Waals surface area contributed by atoms with Gasteiger partial charge in [0.2, 0.25) is 0 Å². The van der Waals surface area contributed by atoms with Crippen LogP contribution in [0.2, 0.25) is 0 Å². The van der Waals surface area contributed by atoms with Gasteiger partial charge in [-0.05, 0) is 43.5 Å². The first-order chi connectivity index (χ1) is 15.3. The number of halogens is 2. The van der Waals surface area contributed by atoms with Crippen molar-refractivity contribution in [3.05, 3.63) is 47.7 Å². The van der Waals surface area contributed by atoms with Crippen LogP contribution < -0.4 is 9.62 Å². The number of pyridine rings is 1. The molecule has 5 rings (SSSR count). The summed E-state index contributed by atoms with van der Waals surface area (Å²) in [5.41, 5.74) is 0.954. The fraction of sp³-hybridized carbons (Fsp3) is 0.400. The van der Waals surface area contributed by atoms with E-state index in [-0.39, 0.29) is 24.3 Å². The third-order valence-corrected chi connectivity index (χ3v) is 7.46. The van der Waals surface area contributed by atoms with Crippen molar-refractivity contribution in [3.8, 4) is 0 Å². The monoisotopic (exact) mass is 464 g/mol. The van der Waals surface area contributed by atoms with Crippen molar-refractivity contribution < 1.29 is 22.3 Å². The highest BCUT2D eigenvalue weighted by Crippen LogP contribution is 2.39. The molecule has 2 atom stereocenters. The van der Waals surface area contributed by atoms with E-state index in [2.05, 4.69) is 19.9 Å². The van der Waals surface area contributed by atoms with Crippen LogP contribution in [0.3, 0.4) is 0 Å². The second kappa shape index (κ2) is 7.94. The van der Waals surface area contributed by atoms with Crippen molar-refractivity contribution in [1.29, 1.82) is 0 Å². The molecule has 2 aliphatic rings. The van der Waals surface area contributed by atoms with E-state index in [1.165, 1.54) is 16.6 Å². The lowest BCUT2D eigenvalue weighted by atomic mass is 10.0. The van der Waals surface area contributed by atoms with Gasteiger partial charge in [0.15, 0.2) is 11.5 Å². The molecule has 0 amide bonds. The number of fused-ring (bicyclic) bond motifs is 1. The van der Waals surface area contributed by atoms with Crippen LogP contribution in [0, 0.1) is 11.6 Å². The van der Waals surface area contributed by atoms with Gasteiger partial charge in [-0.25, -0.2) is 13.8 Å². The molecule has 0 aliphatic carbocycles. The zero-order chi connectivity index (χ0) is 22.5. The molecule has 12 heteroatoms. The first-order valence-corrected chi connectivity index (χ1v) is 11.8. The van der Waals surface area contributed by atoms with Crippen LogP contribution in [0.4, 0.5) is 20.3 Å². The smallest absolute Gasteiger partial charge is 0.301 e. The molecule has 0 bridgehead atoms. The standard InChI is InChI=1S/C20H22F2N6O3S/c21-12-3-4-17(22)15(8-12)18-2-1-6-28(18)20-16-9-13(10-23-19(16)24-25-20)26-32(30,31)27-7-5-14(29)11-27/h3-4,8-10,14,18,26,29H,1-2,5-7,11H2,(H,23,24,25)/t14-,18+/m0/s1. The molecule has 0 radical (unpaired) electrons. The van der Waals surface area contributed by atoms with E-state index in [1.807, 2.05) is 4.90 Å². The number of aliphatic hydroxyl groups excluding tert-OH is 1. The van der Waals surface area contributed by atoms with E-state index >= 15 is 0 Å². The number of nitrogens with one attached hydrogen (secondary N) is 2. The summed E-state index contributed by atoms with van der Waals surface area (Å²) in [7, 11) is -3.85. The Morgan fingerprint density at radius 3 is 2.81 bits per heavy atom. The third-order valence-electron chi connectivity index (χ3n) is 5.95. The number of anilines is 2. The normalized spacial score (nSPS) is 22.2. The Balaban J connectivity index is 1.47. The van der Waals surface area contributed by atoms with Gasteiger partial charge in [-0.3, -0.25) is 9.82 Å². The van der Waals surface area contributed by atoms with Gasteiger partial charge >= 0.3 is 10.2 Å². The number of rotatable bonds is 5. The lowest BCUT2D eigenvalue weighted by Gasteiger charge is -2.25. The third kappa shape index (κ3) is 3.78. The van der Waals surface area contributed by atoms with E-state index in [4.69, 9.17) is 0 Å². The number of aliphatic hydroxyl groups is 1. The van der Waals surface area contributed by atoms with Crippen LogP contribution in [-0.4, -0.2) is 58.7 Å². The number of aromatic amines is 1. The molecule has 0 unspecified atom stereocenters. The van der Waals surface area contributed by atoms with Gasteiger partial charge in [-0.15, -0.1) is 0 Å². The molecule has 3 N–H and O–H groups in total. The Morgan fingerprint density at radius 2 is 2.03 bits per heavy atom. The van der Waals surface area contributed by atoms with Gasteiger partial charge in [0.05, 0.1) is 29.4 Å². The fourth-order valence-electron chi connectivity index (χ4n) is 4.42. The number of hydrogen-bond acceptors (Lipinski definition) is 6. The maximum absolute atomic E-state index is 14.4. The first-order valence-electron chi connectivity index (χ1n) is 10.3. The minimum Gasteiger partial charge on any atom is -0.392 e. The van der Waals surface area contributed by atoms with Crippen LogP contribution in [0.15, 0.2) is 30.5 Å². The Morgan fingerprint density at radius 1 is 1.19 bits per heavy atom. The number of hydrogen-bond donors (Lipinski definition) is 3. The van der Waals surface area contributed by atoms with Crippen molar-refractivity contribution in [1.82, 2.24) is 19.5 Å². The molecule has 9 nitrogen and oxygen atoms in total. The van der Waals surface area contributed by atoms with E-state index in [9.17, 15) is 22.3 Å². The van der Waals surface area contributed by atoms with Crippen LogP contribution in [0.25, 0.3) is 11.0 Å². The molecular weight excluding hydrogens is 442 g/mol. The predicted molar refractivity (Wildman–Crippen MR) is 114 cm³/mol. The number of H-pyrrole nitrogens is 1. The van der Waals surface area contributed by atoms with Crippen molar-refractivity contribution in [2.45, 2.75) is 31.4 Å². The van der Waals surface area contributed by atoms with Crippen LogP contribution in [0.1, 0.15) is 30.9 Å². The number of aromatic nitrogens is 3. The van der Waals surface area contributed by atoms with Gasteiger partial charge < -0.3 is 10.0 Å². The van der Waals surface area contributed by atoms with E-state index in [0.29, 0.717) is 36.2 Å². The molecule has 0 spiro atoms. The molecule has 0 saturated carbocycles. The number of benzene rings is 1. The largest absolute Gasteiger partial charge is 0.392 e. The molecule has 32 heavy (non-hydrogen) atoms. The molecule has 170 valence electrons. The Hall–Kier alpha value is -2.83. The summed E-state index contributed by atoms with van der Waals surface area (Å²) in [5.74, 6) is -0.496. The molecule has 1 aromatic carbocycles. The average molecular weight is 464 g/mol. The molecule has 4 heterocycles. The van der Waals surface area contributed by atoms with E-state index < -0.39 is 34.0 Å². The molecule has 2 aliphatic heterocycles. The zero-order valence-corrected chi connectivity index (χ0v) is 17.8.